The lowest BCUT2D eigenvalue weighted by atomic mass is 10.2. The third kappa shape index (κ3) is 6.17. The Labute approximate surface area is 74.6 Å². The SMILES string of the molecule is CC#CCC(COCCC)NN. The number of nitrogens with one attached hydrogen (secondary N) is 1. The van der Waals surface area contributed by atoms with Crippen molar-refractivity contribution in [3.63, 3.8) is 0 Å². The molecule has 1 unspecified atom stereocenters. The van der Waals surface area contributed by atoms with E-state index < -0.39 is 0 Å². The van der Waals surface area contributed by atoms with Crippen LogP contribution in [0.5, 0.6) is 0 Å². The summed E-state index contributed by atoms with van der Waals surface area (Å²) in [5, 5.41) is 0. The highest BCUT2D eigenvalue weighted by Gasteiger charge is 2.03. The van der Waals surface area contributed by atoms with Gasteiger partial charge in [0.2, 0.25) is 0 Å². The molecule has 3 nitrogen and oxygen atoms in total. The van der Waals surface area contributed by atoms with Crippen LogP contribution in [0.25, 0.3) is 0 Å². The zero-order valence-corrected chi connectivity index (χ0v) is 7.89. The topological polar surface area (TPSA) is 47.3 Å². The molecule has 0 bridgehead atoms. The van der Waals surface area contributed by atoms with E-state index in [4.69, 9.17) is 10.6 Å². The second-order valence-corrected chi connectivity index (χ2v) is 2.57. The van der Waals surface area contributed by atoms with Gasteiger partial charge in [-0.15, -0.1) is 11.8 Å². The molecule has 3 heteroatoms. The number of ether oxygens (including phenoxy) is 1. The molecule has 3 N–H and O–H groups in total. The van der Waals surface area contributed by atoms with Gasteiger partial charge in [0, 0.05) is 13.0 Å². The molecule has 0 rings (SSSR count). The zero-order valence-electron chi connectivity index (χ0n) is 7.89. The molecule has 0 aliphatic heterocycles. The number of hydrogen-bond donors (Lipinski definition) is 2. The van der Waals surface area contributed by atoms with Crippen LogP contribution in [0, 0.1) is 11.8 Å². The maximum absolute atomic E-state index is 5.32. The minimum Gasteiger partial charge on any atom is -0.380 e. The van der Waals surface area contributed by atoms with Gasteiger partial charge in [0.1, 0.15) is 0 Å². The Morgan fingerprint density at radius 2 is 2.33 bits per heavy atom. The first-order chi connectivity index (χ1) is 5.85. The van der Waals surface area contributed by atoms with Crippen molar-refractivity contribution in [2.75, 3.05) is 13.2 Å². The second kappa shape index (κ2) is 8.54. The van der Waals surface area contributed by atoms with Crippen molar-refractivity contribution in [1.82, 2.24) is 5.43 Å². The van der Waals surface area contributed by atoms with Crippen LogP contribution < -0.4 is 11.3 Å². The molecule has 70 valence electrons. The molecule has 1 atom stereocenters. The average molecular weight is 170 g/mol. The summed E-state index contributed by atoms with van der Waals surface area (Å²) in [4.78, 5) is 0. The molecule has 0 radical (unpaired) electrons. The Kier molecular flexibility index (Phi) is 8.14. The van der Waals surface area contributed by atoms with Gasteiger partial charge in [0.05, 0.1) is 12.6 Å². The minimum absolute atomic E-state index is 0.156. The minimum atomic E-state index is 0.156. The standard InChI is InChI=1S/C9H18N2O/c1-3-5-6-9(11-10)8-12-7-4-2/h9,11H,4,6-8,10H2,1-2H3. The lowest BCUT2D eigenvalue weighted by Crippen LogP contribution is -2.38. The lowest BCUT2D eigenvalue weighted by Gasteiger charge is -2.12. The molecular weight excluding hydrogens is 152 g/mol. The molecule has 0 amide bonds. The lowest BCUT2D eigenvalue weighted by molar-refractivity contribution is 0.113. The summed E-state index contributed by atoms with van der Waals surface area (Å²) in [6.45, 7) is 5.33. The van der Waals surface area contributed by atoms with E-state index in [9.17, 15) is 0 Å². The molecular formula is C9H18N2O. The highest BCUT2D eigenvalue weighted by atomic mass is 16.5. The first-order valence-corrected chi connectivity index (χ1v) is 4.28. The first-order valence-electron chi connectivity index (χ1n) is 4.28. The van der Waals surface area contributed by atoms with Gasteiger partial charge >= 0.3 is 0 Å². The van der Waals surface area contributed by atoms with E-state index in [-0.39, 0.29) is 6.04 Å². The maximum atomic E-state index is 5.32. The van der Waals surface area contributed by atoms with E-state index in [0.717, 1.165) is 19.4 Å². The van der Waals surface area contributed by atoms with Gasteiger partial charge in [0.25, 0.3) is 0 Å². The van der Waals surface area contributed by atoms with Crippen LogP contribution in [-0.2, 0) is 4.74 Å². The van der Waals surface area contributed by atoms with E-state index in [0.29, 0.717) is 6.61 Å². The van der Waals surface area contributed by atoms with Crippen molar-refractivity contribution in [3.8, 4) is 11.8 Å². The second-order valence-electron chi connectivity index (χ2n) is 2.57. The summed E-state index contributed by atoms with van der Waals surface area (Å²) >= 11 is 0. The van der Waals surface area contributed by atoms with Crippen molar-refractivity contribution < 1.29 is 4.74 Å². The smallest absolute Gasteiger partial charge is 0.0642 e. The zero-order chi connectivity index (χ0) is 9.23. The fraction of sp³-hybridized carbons (Fsp3) is 0.778. The maximum Gasteiger partial charge on any atom is 0.0642 e. The Hall–Kier alpha value is -0.560. The van der Waals surface area contributed by atoms with Crippen LogP contribution in [0.3, 0.4) is 0 Å². The molecule has 0 aromatic heterocycles. The number of hydrazine groups is 1. The van der Waals surface area contributed by atoms with Crippen LogP contribution in [0.2, 0.25) is 0 Å². The third-order valence-corrected chi connectivity index (χ3v) is 1.43. The Balaban J connectivity index is 3.43. The van der Waals surface area contributed by atoms with Crippen molar-refractivity contribution in [2.45, 2.75) is 32.7 Å². The van der Waals surface area contributed by atoms with Gasteiger partial charge in [-0.1, -0.05) is 6.92 Å². The summed E-state index contributed by atoms with van der Waals surface area (Å²) < 4.78 is 5.32. The van der Waals surface area contributed by atoms with Crippen LogP contribution in [-0.4, -0.2) is 19.3 Å². The predicted molar refractivity (Wildman–Crippen MR) is 50.3 cm³/mol. The van der Waals surface area contributed by atoms with Crippen molar-refractivity contribution >= 4 is 0 Å². The summed E-state index contributed by atoms with van der Waals surface area (Å²) in [5.41, 5.74) is 2.67. The Morgan fingerprint density at radius 3 is 2.83 bits per heavy atom. The highest BCUT2D eigenvalue weighted by Crippen LogP contribution is 1.91. The molecule has 0 spiro atoms. The van der Waals surface area contributed by atoms with Gasteiger partial charge in [-0.3, -0.25) is 11.3 Å². The monoisotopic (exact) mass is 170 g/mol. The first kappa shape index (κ1) is 11.4. The van der Waals surface area contributed by atoms with E-state index in [1.54, 1.807) is 0 Å². The summed E-state index contributed by atoms with van der Waals surface area (Å²) in [7, 11) is 0. The van der Waals surface area contributed by atoms with Crippen molar-refractivity contribution in [3.05, 3.63) is 0 Å². The van der Waals surface area contributed by atoms with Crippen molar-refractivity contribution in [1.29, 1.82) is 0 Å². The van der Waals surface area contributed by atoms with Gasteiger partial charge in [-0.05, 0) is 13.3 Å². The van der Waals surface area contributed by atoms with Gasteiger partial charge in [-0.25, -0.2) is 0 Å². The van der Waals surface area contributed by atoms with Crippen molar-refractivity contribution in [2.24, 2.45) is 5.84 Å². The van der Waals surface area contributed by atoms with Gasteiger partial charge < -0.3 is 4.74 Å². The fourth-order valence-electron chi connectivity index (χ4n) is 0.761. The number of hydrogen-bond acceptors (Lipinski definition) is 3. The molecule has 0 saturated carbocycles. The Bertz CT molecular complexity index is 148. The largest absolute Gasteiger partial charge is 0.380 e. The van der Waals surface area contributed by atoms with Crippen LogP contribution in [0.4, 0.5) is 0 Å². The molecule has 0 saturated heterocycles. The predicted octanol–water partition coefficient (Wildman–Crippen LogP) is 0.658. The molecule has 0 aromatic rings. The summed E-state index contributed by atoms with van der Waals surface area (Å²) in [6.07, 6.45) is 1.79. The fourth-order valence-corrected chi connectivity index (χ4v) is 0.761. The van der Waals surface area contributed by atoms with Gasteiger partial charge in [-0.2, -0.15) is 0 Å². The normalized spacial score (nSPS) is 11.9. The summed E-state index contributed by atoms with van der Waals surface area (Å²) in [6, 6.07) is 0.156. The summed E-state index contributed by atoms with van der Waals surface area (Å²) in [5.74, 6) is 11.1. The number of nitrogens with two attached hydrogens (primary N) is 1. The average Bonchev–Trinajstić information content (AvgIpc) is 2.11. The molecule has 0 heterocycles. The van der Waals surface area contributed by atoms with Gasteiger partial charge in [0.15, 0.2) is 0 Å². The molecule has 0 aliphatic carbocycles. The molecule has 0 aromatic carbocycles. The van der Waals surface area contributed by atoms with Crippen LogP contribution >= 0.6 is 0 Å². The van der Waals surface area contributed by atoms with E-state index >= 15 is 0 Å². The van der Waals surface area contributed by atoms with Crippen LogP contribution in [0.1, 0.15) is 26.7 Å². The van der Waals surface area contributed by atoms with E-state index in [2.05, 4.69) is 24.2 Å². The molecule has 12 heavy (non-hydrogen) atoms. The Morgan fingerprint density at radius 1 is 1.58 bits per heavy atom. The van der Waals surface area contributed by atoms with E-state index in [1.807, 2.05) is 6.92 Å². The van der Waals surface area contributed by atoms with Crippen LogP contribution in [0.15, 0.2) is 0 Å². The number of rotatable bonds is 6. The third-order valence-electron chi connectivity index (χ3n) is 1.43. The highest BCUT2D eigenvalue weighted by molar-refractivity contribution is 4.97. The van der Waals surface area contributed by atoms with E-state index in [1.165, 1.54) is 0 Å². The molecule has 0 fully saturated rings. The molecule has 0 aliphatic rings. The quantitative estimate of drug-likeness (QED) is 0.266.